The van der Waals surface area contributed by atoms with Crippen molar-refractivity contribution in [3.63, 3.8) is 0 Å². The van der Waals surface area contributed by atoms with Gasteiger partial charge in [0.2, 0.25) is 5.96 Å². The average molecular weight is 741 g/mol. The molecule has 1 aliphatic heterocycles. The molecule has 2 N–H and O–H groups in total. The molecule has 2 aromatic rings. The summed E-state index contributed by atoms with van der Waals surface area (Å²) in [6, 6.07) is 7.57. The number of guanidine groups is 1. The van der Waals surface area contributed by atoms with Crippen molar-refractivity contribution in [2.75, 3.05) is 20.8 Å². The van der Waals surface area contributed by atoms with Crippen LogP contribution in [0.2, 0.25) is 0 Å². The van der Waals surface area contributed by atoms with E-state index in [2.05, 4.69) is 15.6 Å². The van der Waals surface area contributed by atoms with Crippen LogP contribution in [0.3, 0.4) is 0 Å². The van der Waals surface area contributed by atoms with Crippen molar-refractivity contribution >= 4 is 58.4 Å². The van der Waals surface area contributed by atoms with E-state index in [1.165, 1.54) is 24.6 Å². The number of carbonyl (C=O) groups is 3. The van der Waals surface area contributed by atoms with E-state index in [4.69, 9.17) is 35.6 Å². The fraction of sp³-hybridized carbons (Fsp3) is 0.541. The van der Waals surface area contributed by atoms with Gasteiger partial charge in [0.25, 0.3) is 5.91 Å². The summed E-state index contributed by atoms with van der Waals surface area (Å²) >= 11 is 7.05. The lowest BCUT2D eigenvalue weighted by molar-refractivity contribution is -0.124. The Morgan fingerprint density at radius 2 is 1.61 bits per heavy atom. The minimum atomic E-state index is -0.768. The van der Waals surface area contributed by atoms with Crippen LogP contribution < -0.4 is 20.1 Å². The van der Waals surface area contributed by atoms with Crippen LogP contribution in [0.5, 0.6) is 11.5 Å². The Balaban J connectivity index is 1.39. The molecule has 12 nitrogen and oxygen atoms in total. The minimum Gasteiger partial charge on any atom is -0.497 e. The SMILES string of the molecule is COc1cc(OC)cc(-c2cc(CCCN=C(NC(=O)OC(C)(C)C)NC(=O)OC(C)(C)C)c(C=C3SC(=S)N(C4CC5CCC4C5)C3=O)o2)c1. The molecule has 2 heterocycles. The number of fused-ring (bicyclic) bond motifs is 2. The van der Waals surface area contributed by atoms with Crippen LogP contribution in [0.1, 0.15) is 85.0 Å². The number of furan rings is 1. The van der Waals surface area contributed by atoms with E-state index in [1.54, 1.807) is 67.9 Å². The predicted octanol–water partition coefficient (Wildman–Crippen LogP) is 7.69. The van der Waals surface area contributed by atoms with Crippen molar-refractivity contribution in [1.29, 1.82) is 0 Å². The van der Waals surface area contributed by atoms with Gasteiger partial charge in [-0.3, -0.25) is 25.3 Å². The zero-order valence-electron chi connectivity index (χ0n) is 30.5. The number of rotatable bonds is 9. The molecule has 3 aliphatic rings. The maximum atomic E-state index is 13.8. The highest BCUT2D eigenvalue weighted by atomic mass is 32.2. The van der Waals surface area contributed by atoms with Gasteiger partial charge in [-0.2, -0.15) is 0 Å². The molecule has 3 atom stereocenters. The van der Waals surface area contributed by atoms with Gasteiger partial charge in [0.15, 0.2) is 0 Å². The third-order valence-electron chi connectivity index (χ3n) is 8.71. The number of amides is 3. The summed E-state index contributed by atoms with van der Waals surface area (Å²) in [7, 11) is 3.17. The van der Waals surface area contributed by atoms with Crippen molar-refractivity contribution < 1.29 is 37.7 Å². The first-order valence-corrected chi connectivity index (χ1v) is 18.4. The lowest BCUT2D eigenvalue weighted by atomic mass is 9.94. The zero-order chi connectivity index (χ0) is 37.1. The summed E-state index contributed by atoms with van der Waals surface area (Å²) in [5, 5.41) is 5.02. The number of thiocarbonyl (C=S) groups is 1. The lowest BCUT2D eigenvalue weighted by Gasteiger charge is -2.30. The number of ether oxygens (including phenoxy) is 4. The fourth-order valence-electron chi connectivity index (χ4n) is 6.64. The molecule has 1 aromatic carbocycles. The van der Waals surface area contributed by atoms with Crippen molar-refractivity contribution in [2.24, 2.45) is 16.8 Å². The van der Waals surface area contributed by atoms with Gasteiger partial charge in [-0.25, -0.2) is 9.59 Å². The van der Waals surface area contributed by atoms with E-state index in [9.17, 15) is 14.4 Å². The summed E-state index contributed by atoms with van der Waals surface area (Å²) in [5.41, 5.74) is 0.0711. The third kappa shape index (κ3) is 10.1. The van der Waals surface area contributed by atoms with Crippen LogP contribution in [0.25, 0.3) is 17.4 Å². The standard InChI is InChI=1S/C37H48N4O8S2/c1-36(2,3)48-33(43)39-32(40-34(44)49-37(4,5)6)38-13-9-10-23-18-28(24-16-25(45-7)19-26(17-24)46-8)47-29(23)20-30-31(42)41(35(50)51-30)27-15-21-11-12-22(27)14-21/h16-22,27H,9-15H2,1-8H3,(H2,38,39,40,43,44). The first kappa shape index (κ1) is 38.2. The molecular formula is C37H48N4O8S2. The second kappa shape index (κ2) is 15.7. The van der Waals surface area contributed by atoms with Crippen LogP contribution >= 0.6 is 24.0 Å². The maximum Gasteiger partial charge on any atom is 0.414 e. The van der Waals surface area contributed by atoms with Gasteiger partial charge < -0.3 is 23.4 Å². The number of alkyl carbamates (subject to hydrolysis) is 2. The summed E-state index contributed by atoms with van der Waals surface area (Å²) in [6.07, 6.45) is 5.80. The number of hydrogen-bond donors (Lipinski definition) is 2. The Kier molecular flexibility index (Phi) is 11.7. The minimum absolute atomic E-state index is 0.0785. The Morgan fingerprint density at radius 1 is 0.980 bits per heavy atom. The number of hydrogen-bond acceptors (Lipinski definition) is 11. The monoisotopic (exact) mass is 740 g/mol. The van der Waals surface area contributed by atoms with E-state index in [-0.39, 0.29) is 24.5 Å². The molecule has 276 valence electrons. The van der Waals surface area contributed by atoms with Gasteiger partial charge in [0, 0.05) is 30.3 Å². The summed E-state index contributed by atoms with van der Waals surface area (Å²) in [5.74, 6) is 3.31. The summed E-state index contributed by atoms with van der Waals surface area (Å²) < 4.78 is 28.7. The number of nitrogens with one attached hydrogen (secondary N) is 2. The van der Waals surface area contributed by atoms with Crippen molar-refractivity contribution in [3.05, 3.63) is 40.5 Å². The van der Waals surface area contributed by atoms with Crippen molar-refractivity contribution in [3.8, 4) is 22.8 Å². The number of aliphatic imine (C=N–C) groups is 1. The molecular weight excluding hydrogens is 693 g/mol. The Hall–Kier alpha value is -4.04. The first-order chi connectivity index (χ1) is 24.0. The maximum absolute atomic E-state index is 13.8. The highest BCUT2D eigenvalue weighted by Crippen LogP contribution is 2.49. The fourth-order valence-corrected chi connectivity index (χ4v) is 7.98. The van der Waals surface area contributed by atoms with Gasteiger partial charge in [-0.1, -0.05) is 30.4 Å². The second-order valence-corrected chi connectivity index (χ2v) is 16.7. The second-order valence-electron chi connectivity index (χ2n) is 15.0. The third-order valence-corrected chi connectivity index (χ3v) is 10.0. The van der Waals surface area contributed by atoms with E-state index in [0.29, 0.717) is 56.9 Å². The normalized spacial score (nSPS) is 20.8. The molecule has 2 bridgehead atoms. The van der Waals surface area contributed by atoms with E-state index in [0.717, 1.165) is 24.0 Å². The molecule has 3 fully saturated rings. The summed E-state index contributed by atoms with van der Waals surface area (Å²) in [4.78, 5) is 45.7. The quantitative estimate of drug-likeness (QED) is 0.0865. The van der Waals surface area contributed by atoms with Crippen molar-refractivity contribution in [2.45, 2.75) is 97.3 Å². The van der Waals surface area contributed by atoms with Gasteiger partial charge in [-0.05, 0) is 109 Å². The Morgan fingerprint density at radius 3 is 2.14 bits per heavy atom. The van der Waals surface area contributed by atoms with Crippen LogP contribution in [0.4, 0.5) is 9.59 Å². The van der Waals surface area contributed by atoms with Gasteiger partial charge in [0.05, 0.1) is 19.1 Å². The molecule has 2 saturated carbocycles. The smallest absolute Gasteiger partial charge is 0.414 e. The zero-order valence-corrected chi connectivity index (χ0v) is 32.2. The van der Waals surface area contributed by atoms with Crippen LogP contribution in [-0.2, 0) is 20.7 Å². The van der Waals surface area contributed by atoms with Crippen LogP contribution in [0.15, 0.2) is 38.6 Å². The van der Waals surface area contributed by atoms with Crippen molar-refractivity contribution in [1.82, 2.24) is 15.5 Å². The Bertz CT molecular complexity index is 1670. The molecule has 0 radical (unpaired) electrons. The molecule has 51 heavy (non-hydrogen) atoms. The molecule has 5 rings (SSSR count). The number of aryl methyl sites for hydroxylation is 1. The van der Waals surface area contributed by atoms with E-state index >= 15 is 0 Å². The largest absolute Gasteiger partial charge is 0.497 e. The van der Waals surface area contributed by atoms with E-state index < -0.39 is 23.4 Å². The lowest BCUT2D eigenvalue weighted by Crippen LogP contribution is -2.47. The molecule has 3 unspecified atom stereocenters. The molecule has 0 spiro atoms. The predicted molar refractivity (Wildman–Crippen MR) is 201 cm³/mol. The number of methoxy groups -OCH3 is 2. The van der Waals surface area contributed by atoms with Gasteiger partial charge in [-0.15, -0.1) is 0 Å². The Labute approximate surface area is 309 Å². The molecule has 14 heteroatoms. The molecule has 3 amide bonds. The first-order valence-electron chi connectivity index (χ1n) is 17.2. The number of nitrogens with zero attached hydrogens (tertiary/aromatic N) is 2. The number of benzene rings is 1. The summed E-state index contributed by atoms with van der Waals surface area (Å²) in [6.45, 7) is 10.6. The topological polar surface area (TPSA) is 141 Å². The number of thioether (sulfide) groups is 1. The molecule has 2 aliphatic carbocycles. The molecule has 1 saturated heterocycles. The van der Waals surface area contributed by atoms with Gasteiger partial charge in [0.1, 0.15) is 38.5 Å². The van der Waals surface area contributed by atoms with E-state index in [1.807, 2.05) is 23.1 Å². The van der Waals surface area contributed by atoms with Gasteiger partial charge >= 0.3 is 12.2 Å². The number of carbonyl (C=O) groups excluding carboxylic acids is 3. The van der Waals surface area contributed by atoms with Crippen LogP contribution in [0, 0.1) is 11.8 Å². The van der Waals surface area contributed by atoms with Crippen LogP contribution in [-0.4, -0.2) is 71.3 Å². The average Bonchev–Trinajstić information content (AvgIpc) is 3.81. The molecule has 1 aromatic heterocycles. The highest BCUT2D eigenvalue weighted by molar-refractivity contribution is 8.26. The highest BCUT2D eigenvalue weighted by Gasteiger charge is 2.48.